The van der Waals surface area contributed by atoms with E-state index < -0.39 is 0 Å². The average Bonchev–Trinajstić information content (AvgIpc) is 2.04. The predicted octanol–water partition coefficient (Wildman–Crippen LogP) is -0.233. The summed E-state index contributed by atoms with van der Waals surface area (Å²) in [6.07, 6.45) is 2.68. The summed E-state index contributed by atoms with van der Waals surface area (Å²) in [4.78, 5) is 14.7. The first kappa shape index (κ1) is 7.78. The van der Waals surface area contributed by atoms with Crippen molar-refractivity contribution in [2.75, 3.05) is 7.05 Å². The van der Waals surface area contributed by atoms with Crippen LogP contribution in [0.5, 0.6) is 0 Å². The van der Waals surface area contributed by atoms with Crippen LogP contribution >= 0.6 is 0 Å². The molecule has 0 radical (unpaired) electrons. The van der Waals surface area contributed by atoms with Crippen LogP contribution in [0.2, 0.25) is 0 Å². The highest BCUT2D eigenvalue weighted by Gasteiger charge is 2.16. The van der Waals surface area contributed by atoms with E-state index in [1.165, 1.54) is 6.20 Å². The molecular formula is C7H11N3O. The Kier molecular flexibility index (Phi) is 2.25. The van der Waals surface area contributed by atoms with Gasteiger partial charge in [-0.15, -0.1) is 0 Å². The molecule has 11 heavy (non-hydrogen) atoms. The van der Waals surface area contributed by atoms with Crippen LogP contribution in [0.3, 0.4) is 0 Å². The van der Waals surface area contributed by atoms with Gasteiger partial charge in [-0.05, 0) is 6.42 Å². The lowest BCUT2D eigenvalue weighted by atomic mass is 10.1. The van der Waals surface area contributed by atoms with Gasteiger partial charge in [0.2, 0.25) is 5.91 Å². The van der Waals surface area contributed by atoms with E-state index in [4.69, 9.17) is 5.73 Å². The van der Waals surface area contributed by atoms with Crippen molar-refractivity contribution in [3.8, 4) is 0 Å². The first-order valence-corrected chi connectivity index (χ1v) is 3.45. The summed E-state index contributed by atoms with van der Waals surface area (Å²) in [6.45, 7) is 0. The summed E-state index contributed by atoms with van der Waals surface area (Å²) in [6, 6.07) is 0. The molecule has 4 nitrogen and oxygen atoms in total. The smallest absolute Gasteiger partial charge is 0.225 e. The van der Waals surface area contributed by atoms with Gasteiger partial charge in [-0.25, -0.2) is 0 Å². The van der Waals surface area contributed by atoms with E-state index in [1.807, 2.05) is 0 Å². The number of rotatable bonds is 0. The molecule has 0 bridgehead atoms. The van der Waals surface area contributed by atoms with Crippen LogP contribution in [0.25, 0.3) is 0 Å². The Morgan fingerprint density at radius 3 is 2.91 bits per heavy atom. The normalized spacial score (nSPS) is 25.7. The van der Waals surface area contributed by atoms with Crippen LogP contribution in [0, 0.1) is 0 Å². The highest BCUT2D eigenvalue weighted by atomic mass is 16.1. The molecule has 60 valence electrons. The molecule has 1 saturated heterocycles. The maximum atomic E-state index is 10.8. The highest BCUT2D eigenvalue weighted by Crippen LogP contribution is 2.09. The molecular weight excluding hydrogens is 142 g/mol. The predicted molar refractivity (Wildman–Crippen MR) is 43.0 cm³/mol. The van der Waals surface area contributed by atoms with E-state index in [-0.39, 0.29) is 5.91 Å². The zero-order chi connectivity index (χ0) is 8.27. The largest absolute Gasteiger partial charge is 0.404 e. The molecule has 0 saturated carbocycles. The second-order valence-electron chi connectivity index (χ2n) is 2.31. The van der Waals surface area contributed by atoms with Crippen LogP contribution in [0.4, 0.5) is 0 Å². The summed E-state index contributed by atoms with van der Waals surface area (Å²) in [7, 11) is 1.63. The van der Waals surface area contributed by atoms with Gasteiger partial charge in [0, 0.05) is 25.2 Å². The lowest BCUT2D eigenvalue weighted by molar-refractivity contribution is -0.119. The minimum absolute atomic E-state index is 0.0104. The fraction of sp³-hybridized carbons (Fsp3) is 0.429. The third-order valence-corrected chi connectivity index (χ3v) is 1.61. The molecule has 1 heterocycles. The number of amides is 1. The average molecular weight is 153 g/mol. The van der Waals surface area contributed by atoms with E-state index in [2.05, 4.69) is 10.3 Å². The van der Waals surface area contributed by atoms with Crippen LogP contribution in [0.15, 0.2) is 16.8 Å². The van der Waals surface area contributed by atoms with E-state index in [0.29, 0.717) is 18.7 Å². The molecule has 1 amide bonds. The molecule has 0 spiro atoms. The maximum absolute atomic E-state index is 10.8. The number of carbonyl (C=O) groups is 1. The molecule has 0 aromatic rings. The minimum atomic E-state index is 0.0104. The maximum Gasteiger partial charge on any atom is 0.225 e. The Morgan fingerprint density at radius 1 is 1.64 bits per heavy atom. The Balaban J connectivity index is 2.79. The fourth-order valence-electron chi connectivity index (χ4n) is 1.00. The number of nitrogens with zero attached hydrogens (tertiary/aromatic N) is 1. The summed E-state index contributed by atoms with van der Waals surface area (Å²) in [5, 5.41) is 2.63. The Hall–Kier alpha value is -1.32. The quantitative estimate of drug-likeness (QED) is 0.504. The van der Waals surface area contributed by atoms with Crippen LogP contribution < -0.4 is 11.1 Å². The number of hydrogen-bond acceptors (Lipinski definition) is 3. The zero-order valence-electron chi connectivity index (χ0n) is 6.42. The summed E-state index contributed by atoms with van der Waals surface area (Å²) < 4.78 is 0. The molecule has 3 N–H and O–H groups in total. The van der Waals surface area contributed by atoms with Gasteiger partial charge in [-0.3, -0.25) is 9.79 Å². The molecule has 0 unspecified atom stereocenters. The number of carbonyl (C=O) groups excluding carboxylic acids is 1. The van der Waals surface area contributed by atoms with Crippen molar-refractivity contribution in [1.29, 1.82) is 0 Å². The monoisotopic (exact) mass is 153 g/mol. The van der Waals surface area contributed by atoms with Gasteiger partial charge in [0.25, 0.3) is 0 Å². The van der Waals surface area contributed by atoms with E-state index in [0.717, 1.165) is 5.57 Å². The molecule has 1 fully saturated rings. The van der Waals surface area contributed by atoms with Crippen molar-refractivity contribution in [3.05, 3.63) is 11.8 Å². The van der Waals surface area contributed by atoms with Gasteiger partial charge >= 0.3 is 0 Å². The molecule has 1 aliphatic rings. The zero-order valence-corrected chi connectivity index (χ0v) is 6.42. The lowest BCUT2D eigenvalue weighted by Crippen LogP contribution is -2.36. The first-order valence-electron chi connectivity index (χ1n) is 3.45. The summed E-state index contributed by atoms with van der Waals surface area (Å²) in [5.74, 6) is 0.611. The van der Waals surface area contributed by atoms with Crippen molar-refractivity contribution in [3.63, 3.8) is 0 Å². The lowest BCUT2D eigenvalue weighted by Gasteiger charge is -2.16. The molecule has 1 aliphatic heterocycles. The van der Waals surface area contributed by atoms with Crippen molar-refractivity contribution in [2.45, 2.75) is 12.8 Å². The van der Waals surface area contributed by atoms with Gasteiger partial charge in [0.05, 0.1) is 0 Å². The van der Waals surface area contributed by atoms with E-state index in [9.17, 15) is 4.79 Å². The topological polar surface area (TPSA) is 67.5 Å². The Bertz CT molecular complexity index is 230. The number of amidine groups is 1. The summed E-state index contributed by atoms with van der Waals surface area (Å²) in [5.41, 5.74) is 6.23. The van der Waals surface area contributed by atoms with Crippen molar-refractivity contribution >= 4 is 11.7 Å². The van der Waals surface area contributed by atoms with Gasteiger partial charge in [0.15, 0.2) is 0 Å². The van der Waals surface area contributed by atoms with Crippen molar-refractivity contribution in [1.82, 2.24) is 5.32 Å². The molecule has 0 aliphatic carbocycles. The third kappa shape index (κ3) is 1.58. The molecule has 0 atom stereocenters. The summed E-state index contributed by atoms with van der Waals surface area (Å²) >= 11 is 0. The van der Waals surface area contributed by atoms with E-state index >= 15 is 0 Å². The Morgan fingerprint density at radius 2 is 2.36 bits per heavy atom. The van der Waals surface area contributed by atoms with Gasteiger partial charge in [-0.2, -0.15) is 0 Å². The van der Waals surface area contributed by atoms with Crippen LogP contribution in [-0.4, -0.2) is 18.8 Å². The molecule has 0 aromatic heterocycles. The van der Waals surface area contributed by atoms with Crippen molar-refractivity contribution < 1.29 is 4.79 Å². The first-order chi connectivity index (χ1) is 5.27. The number of nitrogens with two attached hydrogens (primary N) is 1. The second kappa shape index (κ2) is 3.18. The Labute approximate surface area is 65.2 Å². The van der Waals surface area contributed by atoms with Gasteiger partial charge < -0.3 is 11.1 Å². The minimum Gasteiger partial charge on any atom is -0.404 e. The van der Waals surface area contributed by atoms with E-state index in [1.54, 1.807) is 7.05 Å². The van der Waals surface area contributed by atoms with Crippen LogP contribution in [-0.2, 0) is 4.79 Å². The standard InChI is InChI=1S/C7H11N3O/c1-9-7-5(4-8)2-3-6(11)10-7/h4H,2-3,8H2,1H3,(H,9,10,11). The molecule has 4 heteroatoms. The molecule has 0 aromatic carbocycles. The molecule has 1 rings (SSSR count). The van der Waals surface area contributed by atoms with Crippen LogP contribution in [0.1, 0.15) is 12.8 Å². The number of aliphatic imine (C=N–C) groups is 1. The highest BCUT2D eigenvalue weighted by molar-refractivity contribution is 6.10. The number of piperidine rings is 1. The van der Waals surface area contributed by atoms with Gasteiger partial charge in [0.1, 0.15) is 5.84 Å². The SMILES string of the molecule is CN=C1NC(=O)CCC1=CN. The fourth-order valence-corrected chi connectivity index (χ4v) is 1.00. The number of nitrogens with one attached hydrogen (secondary N) is 1. The van der Waals surface area contributed by atoms with Crippen molar-refractivity contribution in [2.24, 2.45) is 10.7 Å². The third-order valence-electron chi connectivity index (χ3n) is 1.61. The number of hydrogen-bond donors (Lipinski definition) is 2. The second-order valence-corrected chi connectivity index (χ2v) is 2.31. The van der Waals surface area contributed by atoms with Gasteiger partial charge in [-0.1, -0.05) is 0 Å².